The summed E-state index contributed by atoms with van der Waals surface area (Å²) in [6, 6.07) is 5.52. The molecule has 0 bridgehead atoms. The minimum atomic E-state index is -0.181. The lowest BCUT2D eigenvalue weighted by atomic mass is 10.3. The molecule has 0 radical (unpaired) electrons. The quantitative estimate of drug-likeness (QED) is 0.900. The third kappa shape index (κ3) is 2.40. The van der Waals surface area contributed by atoms with Gasteiger partial charge in [-0.2, -0.15) is 5.10 Å². The first kappa shape index (κ1) is 12.3. The van der Waals surface area contributed by atoms with Crippen LogP contribution in [0.2, 0.25) is 0 Å². The zero-order chi connectivity index (χ0) is 13.1. The molecule has 18 heavy (non-hydrogen) atoms. The monoisotopic (exact) mass is 244 g/mol. The van der Waals surface area contributed by atoms with E-state index in [9.17, 15) is 4.79 Å². The van der Waals surface area contributed by atoms with E-state index in [4.69, 9.17) is 0 Å². The number of aryl methyl sites for hydroxylation is 3. The van der Waals surface area contributed by atoms with Gasteiger partial charge in [0.25, 0.3) is 5.91 Å². The Hall–Kier alpha value is -2.17. The molecule has 2 aromatic heterocycles. The van der Waals surface area contributed by atoms with Crippen molar-refractivity contribution in [1.82, 2.24) is 14.8 Å². The predicted octanol–water partition coefficient (Wildman–Crippen LogP) is 2.17. The Kier molecular flexibility index (Phi) is 3.41. The van der Waals surface area contributed by atoms with Gasteiger partial charge in [0.2, 0.25) is 0 Å². The summed E-state index contributed by atoms with van der Waals surface area (Å²) in [4.78, 5) is 16.3. The molecule has 2 heterocycles. The van der Waals surface area contributed by atoms with Crippen molar-refractivity contribution in [1.29, 1.82) is 0 Å². The fourth-order valence-corrected chi connectivity index (χ4v) is 1.76. The van der Waals surface area contributed by atoms with Crippen molar-refractivity contribution >= 4 is 11.7 Å². The average molecular weight is 244 g/mol. The summed E-state index contributed by atoms with van der Waals surface area (Å²) in [7, 11) is 0. The summed E-state index contributed by atoms with van der Waals surface area (Å²) < 4.78 is 1.68. The molecule has 2 rings (SSSR count). The predicted molar refractivity (Wildman–Crippen MR) is 69.6 cm³/mol. The first-order valence-corrected chi connectivity index (χ1v) is 5.89. The van der Waals surface area contributed by atoms with Gasteiger partial charge in [-0.25, -0.2) is 4.98 Å². The molecule has 5 nitrogen and oxygen atoms in total. The second-order valence-corrected chi connectivity index (χ2v) is 4.11. The lowest BCUT2D eigenvalue weighted by Gasteiger charge is -2.07. The van der Waals surface area contributed by atoms with Crippen molar-refractivity contribution in [2.45, 2.75) is 27.3 Å². The van der Waals surface area contributed by atoms with E-state index in [1.165, 1.54) is 0 Å². The molecule has 94 valence electrons. The molecule has 0 aliphatic heterocycles. The standard InChI is InChI=1S/C13H16N4O/c1-4-17-11(8-10(3)16-17)13(18)15-12-9(2)6-5-7-14-12/h5-8H,4H2,1-3H3,(H,14,15,18). The molecule has 1 N–H and O–H groups in total. The van der Waals surface area contributed by atoms with Crippen LogP contribution in [0.15, 0.2) is 24.4 Å². The minimum absolute atomic E-state index is 0.181. The van der Waals surface area contributed by atoms with Crippen LogP contribution in [0.1, 0.15) is 28.7 Å². The summed E-state index contributed by atoms with van der Waals surface area (Å²) in [6.45, 7) is 6.40. The van der Waals surface area contributed by atoms with Crippen LogP contribution < -0.4 is 5.32 Å². The molecule has 0 aliphatic rings. The van der Waals surface area contributed by atoms with Crippen LogP contribution in [0.3, 0.4) is 0 Å². The Morgan fingerprint density at radius 1 is 1.44 bits per heavy atom. The van der Waals surface area contributed by atoms with Crippen molar-refractivity contribution in [3.05, 3.63) is 41.3 Å². The van der Waals surface area contributed by atoms with Crippen LogP contribution in [0.5, 0.6) is 0 Å². The number of hydrogen-bond acceptors (Lipinski definition) is 3. The van der Waals surface area contributed by atoms with Crippen molar-refractivity contribution in [3.8, 4) is 0 Å². The molecular formula is C13H16N4O. The van der Waals surface area contributed by atoms with E-state index in [0.29, 0.717) is 18.1 Å². The maximum atomic E-state index is 12.1. The SMILES string of the molecule is CCn1nc(C)cc1C(=O)Nc1ncccc1C. The summed E-state index contributed by atoms with van der Waals surface area (Å²) in [6.07, 6.45) is 1.66. The zero-order valence-electron chi connectivity index (χ0n) is 10.8. The van der Waals surface area contributed by atoms with Crippen LogP contribution in [0, 0.1) is 13.8 Å². The summed E-state index contributed by atoms with van der Waals surface area (Å²) in [5.41, 5.74) is 2.32. The highest BCUT2D eigenvalue weighted by Gasteiger charge is 2.14. The van der Waals surface area contributed by atoms with Gasteiger partial charge in [-0.3, -0.25) is 9.48 Å². The van der Waals surface area contributed by atoms with E-state index in [0.717, 1.165) is 11.3 Å². The molecular weight excluding hydrogens is 228 g/mol. The molecule has 0 saturated carbocycles. The van der Waals surface area contributed by atoms with Crippen LogP contribution in [0.4, 0.5) is 5.82 Å². The number of aromatic nitrogens is 3. The largest absolute Gasteiger partial charge is 0.305 e. The molecule has 0 fully saturated rings. The molecule has 1 amide bonds. The Morgan fingerprint density at radius 2 is 2.22 bits per heavy atom. The minimum Gasteiger partial charge on any atom is -0.305 e. The number of pyridine rings is 1. The van der Waals surface area contributed by atoms with Gasteiger partial charge in [-0.05, 0) is 38.5 Å². The van der Waals surface area contributed by atoms with Gasteiger partial charge in [0.1, 0.15) is 11.5 Å². The van der Waals surface area contributed by atoms with Gasteiger partial charge in [0, 0.05) is 12.7 Å². The highest BCUT2D eigenvalue weighted by molar-refractivity contribution is 6.02. The number of carbonyl (C=O) groups is 1. The van der Waals surface area contributed by atoms with E-state index in [1.54, 1.807) is 16.9 Å². The normalized spacial score (nSPS) is 10.4. The van der Waals surface area contributed by atoms with E-state index in [2.05, 4.69) is 15.4 Å². The topological polar surface area (TPSA) is 59.8 Å². The second kappa shape index (κ2) is 5.00. The van der Waals surface area contributed by atoms with Crippen molar-refractivity contribution < 1.29 is 4.79 Å². The Labute approximate surface area is 106 Å². The molecule has 2 aromatic rings. The highest BCUT2D eigenvalue weighted by atomic mass is 16.2. The van der Waals surface area contributed by atoms with Gasteiger partial charge in [0.15, 0.2) is 0 Å². The van der Waals surface area contributed by atoms with Crippen molar-refractivity contribution in [3.63, 3.8) is 0 Å². The van der Waals surface area contributed by atoms with Gasteiger partial charge >= 0.3 is 0 Å². The lowest BCUT2D eigenvalue weighted by molar-refractivity contribution is 0.101. The van der Waals surface area contributed by atoms with Crippen LogP contribution in [-0.2, 0) is 6.54 Å². The number of carbonyl (C=O) groups excluding carboxylic acids is 1. The Bertz CT molecular complexity index is 574. The smallest absolute Gasteiger partial charge is 0.275 e. The first-order valence-electron chi connectivity index (χ1n) is 5.89. The number of anilines is 1. The second-order valence-electron chi connectivity index (χ2n) is 4.11. The molecule has 0 spiro atoms. The molecule has 5 heteroatoms. The molecule has 0 unspecified atom stereocenters. The van der Waals surface area contributed by atoms with E-state index in [-0.39, 0.29) is 5.91 Å². The molecule has 0 aromatic carbocycles. The average Bonchev–Trinajstić information content (AvgIpc) is 2.73. The zero-order valence-corrected chi connectivity index (χ0v) is 10.8. The third-order valence-electron chi connectivity index (χ3n) is 2.68. The Balaban J connectivity index is 2.25. The fraction of sp³-hybridized carbons (Fsp3) is 0.308. The van der Waals surface area contributed by atoms with Gasteiger partial charge in [-0.15, -0.1) is 0 Å². The Morgan fingerprint density at radius 3 is 2.89 bits per heavy atom. The maximum absolute atomic E-state index is 12.1. The molecule has 0 atom stereocenters. The number of hydrogen-bond donors (Lipinski definition) is 1. The van der Waals surface area contributed by atoms with Crippen LogP contribution >= 0.6 is 0 Å². The van der Waals surface area contributed by atoms with Gasteiger partial charge in [-0.1, -0.05) is 6.07 Å². The molecule has 0 aliphatic carbocycles. The fourth-order valence-electron chi connectivity index (χ4n) is 1.76. The van der Waals surface area contributed by atoms with Crippen LogP contribution in [-0.4, -0.2) is 20.7 Å². The van der Waals surface area contributed by atoms with Crippen LogP contribution in [0.25, 0.3) is 0 Å². The van der Waals surface area contributed by atoms with Gasteiger partial charge in [0.05, 0.1) is 5.69 Å². The number of nitrogens with one attached hydrogen (secondary N) is 1. The third-order valence-corrected chi connectivity index (χ3v) is 2.68. The summed E-state index contributed by atoms with van der Waals surface area (Å²) in [5, 5.41) is 7.05. The first-order chi connectivity index (χ1) is 8.61. The van der Waals surface area contributed by atoms with Gasteiger partial charge < -0.3 is 5.32 Å². The highest BCUT2D eigenvalue weighted by Crippen LogP contribution is 2.12. The maximum Gasteiger partial charge on any atom is 0.275 e. The van der Waals surface area contributed by atoms with E-state index < -0.39 is 0 Å². The van der Waals surface area contributed by atoms with E-state index in [1.807, 2.05) is 32.9 Å². The molecule has 0 saturated heterocycles. The summed E-state index contributed by atoms with van der Waals surface area (Å²) in [5.74, 6) is 0.406. The number of rotatable bonds is 3. The lowest BCUT2D eigenvalue weighted by Crippen LogP contribution is -2.18. The number of amides is 1. The van der Waals surface area contributed by atoms with E-state index >= 15 is 0 Å². The summed E-state index contributed by atoms with van der Waals surface area (Å²) >= 11 is 0. The van der Waals surface area contributed by atoms with Crippen molar-refractivity contribution in [2.24, 2.45) is 0 Å². The van der Waals surface area contributed by atoms with Crippen molar-refractivity contribution in [2.75, 3.05) is 5.32 Å². The number of nitrogens with zero attached hydrogens (tertiary/aromatic N) is 3.